The van der Waals surface area contributed by atoms with Gasteiger partial charge in [0, 0.05) is 6.20 Å². The van der Waals surface area contributed by atoms with Crippen molar-refractivity contribution in [1.82, 2.24) is 4.98 Å². The summed E-state index contributed by atoms with van der Waals surface area (Å²) in [6, 6.07) is 5.45. The Labute approximate surface area is 107 Å². The topological polar surface area (TPSA) is 71.6 Å². The first-order valence-electron chi connectivity index (χ1n) is 6.30. The van der Waals surface area contributed by atoms with E-state index < -0.39 is 0 Å². The number of nitrogens with two attached hydrogens (primary N) is 1. The smallest absolute Gasteiger partial charge is 0.257 e. The maximum atomic E-state index is 12.3. The number of anilines is 1. The Morgan fingerprint density at radius 1 is 1.44 bits per heavy atom. The lowest BCUT2D eigenvalue weighted by molar-refractivity contribution is -0.119. The van der Waals surface area contributed by atoms with Crippen molar-refractivity contribution in [2.45, 2.75) is 26.2 Å². The number of hydrazone groups is 1. The van der Waals surface area contributed by atoms with Crippen LogP contribution in [0.1, 0.15) is 26.2 Å². The Morgan fingerprint density at radius 3 is 2.89 bits per heavy atom. The predicted octanol–water partition coefficient (Wildman–Crippen LogP) is 1.55. The van der Waals surface area contributed by atoms with Crippen molar-refractivity contribution in [2.75, 3.05) is 11.6 Å². The van der Waals surface area contributed by atoms with E-state index >= 15 is 0 Å². The second kappa shape index (κ2) is 5.73. The molecule has 18 heavy (non-hydrogen) atoms. The van der Waals surface area contributed by atoms with Gasteiger partial charge in [-0.2, -0.15) is 10.1 Å². The van der Waals surface area contributed by atoms with Crippen LogP contribution in [-0.2, 0) is 4.79 Å². The molecule has 0 aliphatic carbocycles. The fourth-order valence-corrected chi connectivity index (χ4v) is 2.12. The Bertz CT molecular complexity index is 444. The zero-order valence-electron chi connectivity index (χ0n) is 10.5. The van der Waals surface area contributed by atoms with Crippen molar-refractivity contribution >= 4 is 17.4 Å². The SMILES string of the molecule is CCCC1=NN(c2ccccn2)C(=O)C1CCN. The average molecular weight is 246 g/mol. The summed E-state index contributed by atoms with van der Waals surface area (Å²) in [5.74, 6) is 0.398. The number of aromatic nitrogens is 1. The van der Waals surface area contributed by atoms with E-state index in [1.54, 1.807) is 12.3 Å². The molecule has 0 radical (unpaired) electrons. The molecule has 1 atom stereocenters. The summed E-state index contributed by atoms with van der Waals surface area (Å²) in [7, 11) is 0. The number of rotatable bonds is 5. The van der Waals surface area contributed by atoms with Crippen molar-refractivity contribution in [3.63, 3.8) is 0 Å². The first kappa shape index (κ1) is 12.7. The monoisotopic (exact) mass is 246 g/mol. The number of hydrogen-bond donors (Lipinski definition) is 1. The van der Waals surface area contributed by atoms with Crippen molar-refractivity contribution in [3.05, 3.63) is 24.4 Å². The standard InChI is InChI=1S/C13H18N4O/c1-2-5-11-10(7-8-14)13(18)17(16-11)12-6-3-4-9-15-12/h3-4,6,9-10H,2,5,7-8,14H2,1H3. The van der Waals surface area contributed by atoms with E-state index in [1.807, 2.05) is 12.1 Å². The number of pyridine rings is 1. The molecule has 5 heteroatoms. The highest BCUT2D eigenvalue weighted by molar-refractivity contribution is 6.15. The average Bonchev–Trinajstić information content (AvgIpc) is 2.70. The molecular weight excluding hydrogens is 228 g/mol. The molecule has 0 aromatic carbocycles. The first-order valence-corrected chi connectivity index (χ1v) is 6.30. The highest BCUT2D eigenvalue weighted by atomic mass is 16.2. The number of amides is 1. The van der Waals surface area contributed by atoms with Gasteiger partial charge in [-0.25, -0.2) is 4.98 Å². The van der Waals surface area contributed by atoms with Crippen molar-refractivity contribution in [3.8, 4) is 0 Å². The van der Waals surface area contributed by atoms with Gasteiger partial charge in [0.05, 0.1) is 11.6 Å². The fourth-order valence-electron chi connectivity index (χ4n) is 2.12. The molecule has 1 unspecified atom stereocenters. The van der Waals surface area contributed by atoms with Gasteiger partial charge in [0.15, 0.2) is 5.82 Å². The van der Waals surface area contributed by atoms with Crippen molar-refractivity contribution in [1.29, 1.82) is 0 Å². The molecule has 2 heterocycles. The number of nitrogens with zero attached hydrogens (tertiary/aromatic N) is 3. The van der Waals surface area contributed by atoms with E-state index in [9.17, 15) is 4.79 Å². The van der Waals surface area contributed by atoms with E-state index in [0.29, 0.717) is 18.8 Å². The Balaban J connectivity index is 2.25. The molecule has 1 aromatic rings. The Hall–Kier alpha value is -1.75. The Morgan fingerprint density at radius 2 is 2.28 bits per heavy atom. The van der Waals surface area contributed by atoms with Gasteiger partial charge in [-0.15, -0.1) is 0 Å². The molecule has 0 saturated heterocycles. The van der Waals surface area contributed by atoms with E-state index in [1.165, 1.54) is 5.01 Å². The molecule has 96 valence electrons. The predicted molar refractivity (Wildman–Crippen MR) is 71.2 cm³/mol. The Kier molecular flexibility index (Phi) is 4.04. The summed E-state index contributed by atoms with van der Waals surface area (Å²) < 4.78 is 0. The third-order valence-electron chi connectivity index (χ3n) is 2.97. The molecule has 1 aliphatic heterocycles. The van der Waals surface area contributed by atoms with Crippen LogP contribution >= 0.6 is 0 Å². The lowest BCUT2D eigenvalue weighted by Crippen LogP contribution is -2.29. The molecule has 2 rings (SSSR count). The van der Waals surface area contributed by atoms with Gasteiger partial charge in [-0.05, 0) is 31.5 Å². The zero-order valence-corrected chi connectivity index (χ0v) is 10.5. The minimum absolute atomic E-state index is 0.0115. The van der Waals surface area contributed by atoms with Crippen LogP contribution in [-0.4, -0.2) is 23.1 Å². The second-order valence-electron chi connectivity index (χ2n) is 4.31. The number of hydrogen-bond acceptors (Lipinski definition) is 4. The summed E-state index contributed by atoms with van der Waals surface area (Å²) in [4.78, 5) is 16.5. The molecule has 0 spiro atoms. The largest absolute Gasteiger partial charge is 0.330 e. The summed E-state index contributed by atoms with van der Waals surface area (Å²) >= 11 is 0. The van der Waals surface area contributed by atoms with Crippen LogP contribution in [0, 0.1) is 5.92 Å². The van der Waals surface area contributed by atoms with Crippen LogP contribution in [0.3, 0.4) is 0 Å². The normalized spacial score (nSPS) is 19.2. The van der Waals surface area contributed by atoms with Crippen LogP contribution < -0.4 is 10.7 Å². The van der Waals surface area contributed by atoms with Gasteiger partial charge in [-0.1, -0.05) is 19.4 Å². The van der Waals surface area contributed by atoms with Crippen LogP contribution in [0.25, 0.3) is 0 Å². The van der Waals surface area contributed by atoms with Crippen molar-refractivity contribution in [2.24, 2.45) is 16.8 Å². The maximum Gasteiger partial charge on any atom is 0.257 e. The van der Waals surface area contributed by atoms with E-state index in [4.69, 9.17) is 5.73 Å². The zero-order chi connectivity index (χ0) is 13.0. The molecule has 1 aromatic heterocycles. The molecule has 0 fully saturated rings. The number of carbonyl (C=O) groups excluding carboxylic acids is 1. The fraction of sp³-hybridized carbons (Fsp3) is 0.462. The first-order chi connectivity index (χ1) is 8.77. The molecule has 5 nitrogen and oxygen atoms in total. The molecular formula is C13H18N4O. The summed E-state index contributed by atoms with van der Waals surface area (Å²) in [5, 5.41) is 5.82. The van der Waals surface area contributed by atoms with E-state index in [0.717, 1.165) is 18.6 Å². The lowest BCUT2D eigenvalue weighted by atomic mass is 9.96. The van der Waals surface area contributed by atoms with Gasteiger partial charge in [0.1, 0.15) is 0 Å². The third kappa shape index (κ3) is 2.41. The van der Waals surface area contributed by atoms with Gasteiger partial charge < -0.3 is 5.73 Å². The molecule has 0 saturated carbocycles. The third-order valence-corrected chi connectivity index (χ3v) is 2.97. The van der Waals surface area contributed by atoms with Crippen LogP contribution in [0.5, 0.6) is 0 Å². The van der Waals surface area contributed by atoms with E-state index in [-0.39, 0.29) is 11.8 Å². The molecule has 1 aliphatic rings. The van der Waals surface area contributed by atoms with Gasteiger partial charge in [0.2, 0.25) is 0 Å². The molecule has 2 N–H and O–H groups in total. The van der Waals surface area contributed by atoms with Gasteiger partial charge >= 0.3 is 0 Å². The minimum Gasteiger partial charge on any atom is -0.330 e. The van der Waals surface area contributed by atoms with Crippen LogP contribution in [0.15, 0.2) is 29.5 Å². The summed E-state index contributed by atoms with van der Waals surface area (Å²) in [5.41, 5.74) is 6.50. The highest BCUT2D eigenvalue weighted by Gasteiger charge is 2.35. The quantitative estimate of drug-likeness (QED) is 0.856. The highest BCUT2D eigenvalue weighted by Crippen LogP contribution is 2.25. The van der Waals surface area contributed by atoms with Gasteiger partial charge in [-0.3, -0.25) is 4.79 Å². The minimum atomic E-state index is -0.169. The van der Waals surface area contributed by atoms with Crippen LogP contribution in [0.2, 0.25) is 0 Å². The summed E-state index contributed by atoms with van der Waals surface area (Å²) in [6.07, 6.45) is 4.12. The molecule has 1 amide bonds. The second-order valence-corrected chi connectivity index (χ2v) is 4.31. The van der Waals surface area contributed by atoms with Gasteiger partial charge in [0.25, 0.3) is 5.91 Å². The lowest BCUT2D eigenvalue weighted by Gasteiger charge is -2.12. The van der Waals surface area contributed by atoms with E-state index in [2.05, 4.69) is 17.0 Å². The maximum absolute atomic E-state index is 12.3. The van der Waals surface area contributed by atoms with Crippen molar-refractivity contribution < 1.29 is 4.79 Å². The number of carbonyl (C=O) groups is 1. The van der Waals surface area contributed by atoms with Crippen LogP contribution in [0.4, 0.5) is 5.82 Å². The molecule has 0 bridgehead atoms. The summed E-state index contributed by atoms with van der Waals surface area (Å²) in [6.45, 7) is 2.57.